The van der Waals surface area contributed by atoms with Crippen molar-refractivity contribution in [1.82, 2.24) is 14.7 Å². The summed E-state index contributed by atoms with van der Waals surface area (Å²) in [6, 6.07) is 2.08. The molecule has 34 heavy (non-hydrogen) atoms. The third-order valence-electron chi connectivity index (χ3n) is 5.68. The minimum atomic E-state index is -0.483. The van der Waals surface area contributed by atoms with E-state index in [0.717, 1.165) is 56.1 Å². The zero-order valence-electron chi connectivity index (χ0n) is 21.2. The van der Waals surface area contributed by atoms with Crippen LogP contribution in [0, 0.1) is 0 Å². The number of nitrogens with zero attached hydrogens (tertiary/aromatic N) is 4. The highest BCUT2D eigenvalue weighted by molar-refractivity contribution is 7.13. The summed E-state index contributed by atoms with van der Waals surface area (Å²) in [5.41, 5.74) is 7.25. The lowest BCUT2D eigenvalue weighted by molar-refractivity contribution is -0.127. The van der Waals surface area contributed by atoms with Gasteiger partial charge < -0.3 is 20.3 Å². The summed E-state index contributed by atoms with van der Waals surface area (Å²) in [6.45, 7) is 15.0. The normalized spacial score (nSPS) is 16.9. The molecule has 0 atom stereocenters. The Bertz CT molecular complexity index is 933. The van der Waals surface area contributed by atoms with Crippen molar-refractivity contribution in [2.75, 3.05) is 39.3 Å². The average Bonchev–Trinajstić information content (AvgIpc) is 3.04. The van der Waals surface area contributed by atoms with E-state index in [-0.39, 0.29) is 12.0 Å². The number of piperazine rings is 1. The van der Waals surface area contributed by atoms with Crippen molar-refractivity contribution in [3.8, 4) is 0 Å². The first kappa shape index (κ1) is 26.2. The smallest absolute Gasteiger partial charge is 0.410 e. The number of amides is 2. The van der Waals surface area contributed by atoms with Gasteiger partial charge in [-0.3, -0.25) is 9.69 Å². The number of nitrogens with two attached hydrogens (primary N) is 1. The lowest BCUT2D eigenvalue weighted by atomic mass is 10.1. The predicted molar refractivity (Wildman–Crippen MR) is 138 cm³/mol. The van der Waals surface area contributed by atoms with Crippen molar-refractivity contribution in [1.29, 1.82) is 0 Å². The van der Waals surface area contributed by atoms with Gasteiger partial charge in [0.2, 0.25) is 5.91 Å². The van der Waals surface area contributed by atoms with E-state index in [9.17, 15) is 9.59 Å². The number of ether oxygens (including phenoxy) is 1. The fourth-order valence-corrected chi connectivity index (χ4v) is 5.26. The van der Waals surface area contributed by atoms with Crippen LogP contribution in [-0.4, -0.2) is 77.4 Å². The largest absolute Gasteiger partial charge is 0.444 e. The minimum absolute atomic E-state index is 0.0583. The maximum Gasteiger partial charge on any atom is 0.410 e. The lowest BCUT2D eigenvalue weighted by Gasteiger charge is -2.35. The van der Waals surface area contributed by atoms with E-state index < -0.39 is 5.60 Å². The van der Waals surface area contributed by atoms with Crippen molar-refractivity contribution >= 4 is 40.9 Å². The Morgan fingerprint density at radius 2 is 1.79 bits per heavy atom. The first-order valence-electron chi connectivity index (χ1n) is 12.3. The van der Waals surface area contributed by atoms with Crippen LogP contribution in [0.25, 0.3) is 6.08 Å². The van der Waals surface area contributed by atoms with Gasteiger partial charge in [0.15, 0.2) is 0 Å². The van der Waals surface area contributed by atoms with E-state index in [4.69, 9.17) is 10.5 Å². The molecule has 0 aliphatic carbocycles. The Balaban J connectivity index is 1.67. The summed E-state index contributed by atoms with van der Waals surface area (Å²) < 4.78 is 5.49. The first-order chi connectivity index (χ1) is 16.1. The fraction of sp³-hybridized carbons (Fsp3) is 0.640. The quantitative estimate of drug-likeness (QED) is 0.619. The third kappa shape index (κ3) is 7.06. The predicted octanol–water partition coefficient (Wildman–Crippen LogP) is 4.23. The Hall–Kier alpha value is -2.39. The molecule has 1 fully saturated rings. The number of aliphatic imine (C=N–C) groups is 1. The molecule has 8 nitrogen and oxygen atoms in total. The monoisotopic (exact) mass is 489 g/mol. The molecule has 1 saturated heterocycles. The number of hydrogen-bond donors (Lipinski definition) is 1. The summed E-state index contributed by atoms with van der Waals surface area (Å²) in [5, 5.41) is 0. The van der Waals surface area contributed by atoms with Gasteiger partial charge in [-0.05, 0) is 45.8 Å². The van der Waals surface area contributed by atoms with Crippen LogP contribution in [0.4, 0.5) is 10.5 Å². The third-order valence-corrected chi connectivity index (χ3v) is 6.74. The number of hydrogen-bond acceptors (Lipinski definition) is 7. The minimum Gasteiger partial charge on any atom is -0.444 e. The van der Waals surface area contributed by atoms with Gasteiger partial charge in [0, 0.05) is 62.7 Å². The second kappa shape index (κ2) is 11.4. The number of amidine groups is 1. The number of rotatable bonds is 7. The van der Waals surface area contributed by atoms with Crippen molar-refractivity contribution in [2.45, 2.75) is 66.0 Å². The van der Waals surface area contributed by atoms with Crippen molar-refractivity contribution in [2.24, 2.45) is 10.7 Å². The number of carbonyl (C=O) groups is 2. The van der Waals surface area contributed by atoms with Gasteiger partial charge in [0.1, 0.15) is 11.4 Å². The van der Waals surface area contributed by atoms with Gasteiger partial charge in [-0.25, -0.2) is 9.79 Å². The SMILES string of the molecule is CCCN(CCC)C(=O)C1=Cc2sc(CN3CCN(C(=O)OC(C)(C)C)CC3)cc2N=C(N)C1. The highest BCUT2D eigenvalue weighted by Gasteiger charge is 2.27. The Kier molecular flexibility index (Phi) is 8.76. The van der Waals surface area contributed by atoms with Gasteiger partial charge in [0.05, 0.1) is 10.6 Å². The Morgan fingerprint density at radius 1 is 1.15 bits per heavy atom. The Morgan fingerprint density at radius 3 is 2.38 bits per heavy atom. The molecule has 9 heteroatoms. The summed E-state index contributed by atoms with van der Waals surface area (Å²) in [5.74, 6) is 0.532. The molecule has 188 valence electrons. The number of thiophene rings is 1. The fourth-order valence-electron chi connectivity index (χ4n) is 4.14. The maximum atomic E-state index is 13.2. The molecular formula is C25H39N5O3S. The molecule has 0 aromatic carbocycles. The molecule has 0 radical (unpaired) electrons. The van der Waals surface area contributed by atoms with Crippen molar-refractivity contribution in [3.63, 3.8) is 0 Å². The van der Waals surface area contributed by atoms with Crippen LogP contribution in [0.5, 0.6) is 0 Å². The zero-order chi connectivity index (χ0) is 24.9. The van der Waals surface area contributed by atoms with Crippen LogP contribution in [0.3, 0.4) is 0 Å². The number of fused-ring (bicyclic) bond motifs is 1. The highest BCUT2D eigenvalue weighted by atomic mass is 32.1. The Labute approximate surface area is 207 Å². The van der Waals surface area contributed by atoms with Gasteiger partial charge in [-0.2, -0.15) is 0 Å². The van der Waals surface area contributed by atoms with Crippen LogP contribution < -0.4 is 5.73 Å². The maximum absolute atomic E-state index is 13.2. The zero-order valence-corrected chi connectivity index (χ0v) is 22.0. The second-order valence-corrected chi connectivity index (χ2v) is 11.1. The highest BCUT2D eigenvalue weighted by Crippen LogP contribution is 2.35. The van der Waals surface area contributed by atoms with Crippen LogP contribution in [0.15, 0.2) is 16.6 Å². The van der Waals surface area contributed by atoms with Crippen LogP contribution >= 0.6 is 11.3 Å². The van der Waals surface area contributed by atoms with Crippen LogP contribution in [0.2, 0.25) is 0 Å². The van der Waals surface area contributed by atoms with Crippen LogP contribution in [0.1, 0.15) is 63.6 Å². The second-order valence-electron chi connectivity index (χ2n) is 9.95. The molecule has 0 saturated carbocycles. The van der Waals surface area contributed by atoms with Crippen molar-refractivity contribution in [3.05, 3.63) is 21.4 Å². The molecule has 2 N–H and O–H groups in total. The van der Waals surface area contributed by atoms with Crippen molar-refractivity contribution < 1.29 is 14.3 Å². The summed E-state index contributed by atoms with van der Waals surface area (Å²) in [7, 11) is 0. The lowest BCUT2D eigenvalue weighted by Crippen LogP contribution is -2.49. The van der Waals surface area contributed by atoms with Gasteiger partial charge in [0.25, 0.3) is 0 Å². The van der Waals surface area contributed by atoms with Gasteiger partial charge in [-0.15, -0.1) is 11.3 Å². The first-order valence-corrected chi connectivity index (χ1v) is 13.1. The molecule has 2 aliphatic heterocycles. The molecule has 0 unspecified atom stereocenters. The van der Waals surface area contributed by atoms with E-state index in [1.807, 2.05) is 31.7 Å². The molecule has 3 rings (SSSR count). The molecule has 0 bridgehead atoms. The number of carbonyl (C=O) groups excluding carboxylic acids is 2. The molecule has 1 aromatic heterocycles. The van der Waals surface area contributed by atoms with E-state index in [1.165, 1.54) is 4.88 Å². The molecular weight excluding hydrogens is 450 g/mol. The summed E-state index contributed by atoms with van der Waals surface area (Å²) in [6.07, 6.45) is 3.97. The molecule has 2 aliphatic rings. The molecule has 1 aromatic rings. The van der Waals surface area contributed by atoms with E-state index >= 15 is 0 Å². The molecule has 3 heterocycles. The van der Waals surface area contributed by atoms with Gasteiger partial charge >= 0.3 is 6.09 Å². The van der Waals surface area contributed by atoms with E-state index in [1.54, 1.807) is 16.2 Å². The van der Waals surface area contributed by atoms with E-state index in [0.29, 0.717) is 30.9 Å². The summed E-state index contributed by atoms with van der Waals surface area (Å²) >= 11 is 1.66. The molecule has 2 amide bonds. The standard InChI is InChI=1S/C25H39N5O3S/c1-6-8-29(9-7-2)23(31)18-14-21-20(27-22(26)15-18)16-19(34-21)17-28-10-12-30(13-11-28)24(32)33-25(3,4)5/h14,16H,6-13,15,17H2,1-5H3,(H2,26,27). The topological polar surface area (TPSA) is 91.5 Å². The average molecular weight is 490 g/mol. The van der Waals surface area contributed by atoms with Crippen LogP contribution in [-0.2, 0) is 16.1 Å². The van der Waals surface area contributed by atoms with Gasteiger partial charge in [-0.1, -0.05) is 13.8 Å². The van der Waals surface area contributed by atoms with E-state index in [2.05, 4.69) is 29.8 Å². The summed E-state index contributed by atoms with van der Waals surface area (Å²) in [4.78, 5) is 38.3. The molecule has 0 spiro atoms.